The summed E-state index contributed by atoms with van der Waals surface area (Å²) in [5.74, 6) is -0.00285. The summed E-state index contributed by atoms with van der Waals surface area (Å²) >= 11 is 0. The van der Waals surface area contributed by atoms with Crippen LogP contribution in [0.1, 0.15) is 32.3 Å². The summed E-state index contributed by atoms with van der Waals surface area (Å²) in [6.45, 7) is 5.87. The summed E-state index contributed by atoms with van der Waals surface area (Å²) in [5, 5.41) is 9.67. The average molecular weight is 261 g/mol. The molecule has 104 valence electrons. The fourth-order valence-corrected chi connectivity index (χ4v) is 2.82. The molecule has 1 aromatic carbocycles. The van der Waals surface area contributed by atoms with E-state index in [2.05, 4.69) is 11.8 Å². The molecular weight excluding hydrogens is 238 g/mol. The predicted molar refractivity (Wildman–Crippen MR) is 76.2 cm³/mol. The SMILES string of the molecule is CC1CCN(C(C)(Cc2ccccc2)C(=O)O)CC1. The Bertz CT molecular complexity index is 424. The molecular formula is C16H23NO2. The van der Waals surface area contributed by atoms with Crippen molar-refractivity contribution in [2.45, 2.75) is 38.6 Å². The smallest absolute Gasteiger partial charge is 0.324 e. The van der Waals surface area contributed by atoms with Crippen molar-refractivity contribution < 1.29 is 9.90 Å². The summed E-state index contributed by atoms with van der Waals surface area (Å²) < 4.78 is 0. The van der Waals surface area contributed by atoms with E-state index < -0.39 is 11.5 Å². The van der Waals surface area contributed by atoms with Gasteiger partial charge in [-0.25, -0.2) is 0 Å². The van der Waals surface area contributed by atoms with Crippen molar-refractivity contribution in [2.75, 3.05) is 13.1 Å². The number of carbonyl (C=O) groups is 1. The van der Waals surface area contributed by atoms with Gasteiger partial charge < -0.3 is 5.11 Å². The fourth-order valence-electron chi connectivity index (χ4n) is 2.82. The van der Waals surface area contributed by atoms with Gasteiger partial charge in [-0.05, 0) is 44.3 Å². The molecule has 0 saturated carbocycles. The van der Waals surface area contributed by atoms with Crippen molar-refractivity contribution in [2.24, 2.45) is 5.92 Å². The summed E-state index contributed by atoms with van der Waals surface area (Å²) in [5.41, 5.74) is 0.299. The minimum absolute atomic E-state index is 0.567. The van der Waals surface area contributed by atoms with E-state index in [0.29, 0.717) is 12.3 Å². The van der Waals surface area contributed by atoms with Crippen molar-refractivity contribution in [3.8, 4) is 0 Å². The lowest BCUT2D eigenvalue weighted by Gasteiger charge is -2.42. The summed E-state index contributed by atoms with van der Waals surface area (Å²) in [6.07, 6.45) is 2.76. The lowest BCUT2D eigenvalue weighted by atomic mass is 9.87. The van der Waals surface area contributed by atoms with E-state index in [0.717, 1.165) is 31.5 Å². The van der Waals surface area contributed by atoms with Crippen molar-refractivity contribution in [3.63, 3.8) is 0 Å². The van der Waals surface area contributed by atoms with Gasteiger partial charge in [-0.2, -0.15) is 0 Å². The number of piperidine rings is 1. The van der Waals surface area contributed by atoms with E-state index >= 15 is 0 Å². The van der Waals surface area contributed by atoms with Crippen molar-refractivity contribution in [3.05, 3.63) is 35.9 Å². The molecule has 1 heterocycles. The maximum Gasteiger partial charge on any atom is 0.324 e. The number of likely N-dealkylation sites (tertiary alicyclic amines) is 1. The molecule has 1 saturated heterocycles. The third-order valence-corrected chi connectivity index (χ3v) is 4.33. The number of aliphatic carboxylic acids is 1. The molecule has 1 aromatic rings. The van der Waals surface area contributed by atoms with Gasteiger partial charge >= 0.3 is 5.97 Å². The monoisotopic (exact) mass is 261 g/mol. The first-order valence-electron chi connectivity index (χ1n) is 7.05. The highest BCUT2D eigenvalue weighted by Crippen LogP contribution is 2.27. The van der Waals surface area contributed by atoms with Crippen LogP contribution >= 0.6 is 0 Å². The second kappa shape index (κ2) is 5.74. The molecule has 0 spiro atoms. The van der Waals surface area contributed by atoms with Crippen LogP contribution in [-0.2, 0) is 11.2 Å². The third-order valence-electron chi connectivity index (χ3n) is 4.33. The highest BCUT2D eigenvalue weighted by atomic mass is 16.4. The Labute approximate surface area is 115 Å². The minimum Gasteiger partial charge on any atom is -0.480 e. The largest absolute Gasteiger partial charge is 0.480 e. The topological polar surface area (TPSA) is 40.5 Å². The third kappa shape index (κ3) is 3.16. The first-order chi connectivity index (χ1) is 9.02. The number of carboxylic acid groups (broad SMARTS) is 1. The molecule has 0 aromatic heterocycles. The number of benzene rings is 1. The quantitative estimate of drug-likeness (QED) is 0.906. The van der Waals surface area contributed by atoms with Gasteiger partial charge in [0.25, 0.3) is 0 Å². The van der Waals surface area contributed by atoms with Crippen LogP contribution < -0.4 is 0 Å². The molecule has 0 bridgehead atoms. The molecule has 19 heavy (non-hydrogen) atoms. The highest BCUT2D eigenvalue weighted by molar-refractivity contribution is 5.78. The zero-order valence-corrected chi connectivity index (χ0v) is 11.8. The summed E-state index contributed by atoms with van der Waals surface area (Å²) in [4.78, 5) is 13.9. The zero-order valence-electron chi connectivity index (χ0n) is 11.8. The van der Waals surface area contributed by atoms with E-state index in [4.69, 9.17) is 0 Å². The number of nitrogens with zero attached hydrogens (tertiary/aromatic N) is 1. The van der Waals surface area contributed by atoms with Crippen LogP contribution in [0.2, 0.25) is 0 Å². The van der Waals surface area contributed by atoms with Crippen LogP contribution in [-0.4, -0.2) is 34.6 Å². The number of rotatable bonds is 4. The molecule has 1 atom stereocenters. The van der Waals surface area contributed by atoms with E-state index in [1.165, 1.54) is 0 Å². The Balaban J connectivity index is 2.16. The molecule has 1 unspecified atom stereocenters. The van der Waals surface area contributed by atoms with Crippen LogP contribution in [0.3, 0.4) is 0 Å². The molecule has 3 heteroatoms. The van der Waals surface area contributed by atoms with Gasteiger partial charge in [0, 0.05) is 6.42 Å². The summed E-state index contributed by atoms with van der Waals surface area (Å²) in [6, 6.07) is 9.91. The van der Waals surface area contributed by atoms with E-state index in [-0.39, 0.29) is 0 Å². The van der Waals surface area contributed by atoms with Gasteiger partial charge in [-0.3, -0.25) is 9.69 Å². The van der Waals surface area contributed by atoms with Crippen LogP contribution in [0.4, 0.5) is 0 Å². The van der Waals surface area contributed by atoms with Crippen LogP contribution in [0.5, 0.6) is 0 Å². The molecule has 1 aliphatic heterocycles. The second-order valence-corrected chi connectivity index (χ2v) is 5.91. The number of hydrogen-bond donors (Lipinski definition) is 1. The van der Waals surface area contributed by atoms with E-state index in [1.807, 2.05) is 37.3 Å². The van der Waals surface area contributed by atoms with E-state index in [9.17, 15) is 9.90 Å². The Kier molecular flexibility index (Phi) is 4.25. The molecule has 0 radical (unpaired) electrons. The Hall–Kier alpha value is -1.35. The molecule has 1 aliphatic rings. The maximum absolute atomic E-state index is 11.8. The molecule has 1 N–H and O–H groups in total. The molecule has 1 fully saturated rings. The lowest BCUT2D eigenvalue weighted by molar-refractivity contribution is -0.151. The van der Waals surface area contributed by atoms with Gasteiger partial charge in [-0.15, -0.1) is 0 Å². The molecule has 0 aliphatic carbocycles. The number of hydrogen-bond acceptors (Lipinski definition) is 2. The standard InChI is InChI=1S/C16H23NO2/c1-13-8-10-17(11-9-13)16(2,15(18)19)12-14-6-4-3-5-7-14/h3-7,13H,8-12H2,1-2H3,(H,18,19). The molecule has 2 rings (SSSR count). The molecule has 0 amide bonds. The number of carboxylic acids is 1. The molecule has 3 nitrogen and oxygen atoms in total. The van der Waals surface area contributed by atoms with Crippen molar-refractivity contribution >= 4 is 5.97 Å². The Morgan fingerprint density at radius 1 is 1.32 bits per heavy atom. The van der Waals surface area contributed by atoms with Crippen LogP contribution in [0, 0.1) is 5.92 Å². The normalized spacial score (nSPS) is 20.9. The average Bonchev–Trinajstić information content (AvgIpc) is 2.40. The van der Waals surface area contributed by atoms with Gasteiger partial charge in [0.1, 0.15) is 5.54 Å². The maximum atomic E-state index is 11.8. The first-order valence-corrected chi connectivity index (χ1v) is 7.05. The van der Waals surface area contributed by atoms with Crippen molar-refractivity contribution in [1.82, 2.24) is 4.90 Å². The first kappa shape index (κ1) is 14.1. The second-order valence-electron chi connectivity index (χ2n) is 5.91. The van der Waals surface area contributed by atoms with Crippen molar-refractivity contribution in [1.29, 1.82) is 0 Å². The van der Waals surface area contributed by atoms with Gasteiger partial charge in [0.15, 0.2) is 0 Å². The van der Waals surface area contributed by atoms with Gasteiger partial charge in [0.2, 0.25) is 0 Å². The Morgan fingerprint density at radius 3 is 2.42 bits per heavy atom. The summed E-state index contributed by atoms with van der Waals surface area (Å²) in [7, 11) is 0. The van der Waals surface area contributed by atoms with E-state index in [1.54, 1.807) is 0 Å². The van der Waals surface area contributed by atoms with Crippen LogP contribution in [0.25, 0.3) is 0 Å². The minimum atomic E-state index is -0.790. The predicted octanol–water partition coefficient (Wildman–Crippen LogP) is 2.80. The van der Waals surface area contributed by atoms with Crippen LogP contribution in [0.15, 0.2) is 30.3 Å². The highest BCUT2D eigenvalue weighted by Gasteiger charge is 2.40. The van der Waals surface area contributed by atoms with Gasteiger partial charge in [-0.1, -0.05) is 37.3 Å². The lowest BCUT2D eigenvalue weighted by Crippen LogP contribution is -2.56. The Morgan fingerprint density at radius 2 is 1.89 bits per heavy atom. The fraction of sp³-hybridized carbons (Fsp3) is 0.562. The zero-order chi connectivity index (χ0) is 13.9. The van der Waals surface area contributed by atoms with Gasteiger partial charge in [0.05, 0.1) is 0 Å².